The monoisotopic (exact) mass is 358 g/mol. The maximum atomic E-state index is 11.2. The number of imidazole rings is 1. The summed E-state index contributed by atoms with van der Waals surface area (Å²) in [7, 11) is 0. The lowest BCUT2D eigenvalue weighted by Gasteiger charge is -2.29. The highest BCUT2D eigenvalue weighted by molar-refractivity contribution is 5.87. The van der Waals surface area contributed by atoms with E-state index in [1.54, 1.807) is 6.07 Å². The van der Waals surface area contributed by atoms with E-state index in [1.807, 2.05) is 12.1 Å². The first-order valence-electron chi connectivity index (χ1n) is 9.37. The Hall–Kier alpha value is -2.32. The zero-order valence-corrected chi connectivity index (χ0v) is 15.0. The average Bonchev–Trinajstić information content (AvgIpc) is 3.28. The second-order valence-corrected chi connectivity index (χ2v) is 6.89. The number of aromatic nitrogens is 2. The second kappa shape index (κ2) is 7.51. The van der Waals surface area contributed by atoms with Crippen molar-refractivity contribution in [2.75, 3.05) is 50.7 Å². The number of primary amides is 1. The van der Waals surface area contributed by atoms with Gasteiger partial charge in [0.15, 0.2) is 5.75 Å². The van der Waals surface area contributed by atoms with Crippen LogP contribution < -0.4 is 20.7 Å². The molecule has 0 bridgehead atoms. The number of hydrogen-bond donors (Lipinski definition) is 2. The Labute approximate surface area is 152 Å². The van der Waals surface area contributed by atoms with Crippen LogP contribution in [0.2, 0.25) is 0 Å². The van der Waals surface area contributed by atoms with Crippen LogP contribution in [-0.4, -0.2) is 66.4 Å². The number of anilines is 1. The van der Waals surface area contributed by atoms with Crippen molar-refractivity contribution in [3.05, 3.63) is 18.2 Å². The third kappa shape index (κ3) is 3.47. The summed E-state index contributed by atoms with van der Waals surface area (Å²) in [5.74, 6) is 1.37. The number of ether oxygens (including phenoxy) is 1. The van der Waals surface area contributed by atoms with E-state index in [2.05, 4.69) is 19.7 Å². The molecule has 3 N–H and O–H groups in total. The van der Waals surface area contributed by atoms with Gasteiger partial charge in [0.2, 0.25) is 5.95 Å². The molecule has 26 heavy (non-hydrogen) atoms. The molecule has 8 nitrogen and oxygen atoms in total. The molecule has 8 heteroatoms. The number of amides is 1. The van der Waals surface area contributed by atoms with Crippen molar-refractivity contribution in [3.63, 3.8) is 0 Å². The second-order valence-electron chi connectivity index (χ2n) is 6.89. The molecule has 0 unspecified atom stereocenters. The van der Waals surface area contributed by atoms with Gasteiger partial charge in [0, 0.05) is 39.3 Å². The van der Waals surface area contributed by atoms with E-state index in [1.165, 1.54) is 25.9 Å². The molecule has 0 radical (unpaired) electrons. The van der Waals surface area contributed by atoms with E-state index >= 15 is 0 Å². The van der Waals surface area contributed by atoms with Gasteiger partial charge < -0.3 is 30.2 Å². The number of para-hydroxylation sites is 1. The molecule has 0 aliphatic carbocycles. The first kappa shape index (κ1) is 17.1. The zero-order chi connectivity index (χ0) is 17.9. The van der Waals surface area contributed by atoms with E-state index in [0.717, 1.165) is 50.7 Å². The molecule has 2 saturated heterocycles. The van der Waals surface area contributed by atoms with Gasteiger partial charge >= 0.3 is 6.09 Å². The Morgan fingerprint density at radius 3 is 2.65 bits per heavy atom. The molecular formula is C18H26N6O2. The quantitative estimate of drug-likeness (QED) is 0.829. The van der Waals surface area contributed by atoms with Crippen molar-refractivity contribution >= 4 is 23.1 Å². The molecule has 0 spiro atoms. The van der Waals surface area contributed by atoms with Crippen molar-refractivity contribution < 1.29 is 9.53 Å². The van der Waals surface area contributed by atoms with Crippen molar-refractivity contribution in [1.29, 1.82) is 0 Å². The van der Waals surface area contributed by atoms with Gasteiger partial charge in [-0.1, -0.05) is 6.07 Å². The summed E-state index contributed by atoms with van der Waals surface area (Å²) in [6.45, 7) is 7.94. The van der Waals surface area contributed by atoms with Crippen molar-refractivity contribution in [3.8, 4) is 5.75 Å². The normalized spacial score (nSPS) is 18.5. The fourth-order valence-corrected chi connectivity index (χ4v) is 3.87. The lowest BCUT2D eigenvalue weighted by Crippen LogP contribution is -2.44. The number of rotatable bonds is 5. The number of benzene rings is 1. The molecule has 0 saturated carbocycles. The van der Waals surface area contributed by atoms with Gasteiger partial charge in [0.05, 0.1) is 5.52 Å². The Kier molecular flexibility index (Phi) is 4.94. The number of carbonyl (C=O) groups is 1. The van der Waals surface area contributed by atoms with Crippen LogP contribution in [0.5, 0.6) is 5.75 Å². The Morgan fingerprint density at radius 1 is 1.15 bits per heavy atom. The van der Waals surface area contributed by atoms with Gasteiger partial charge in [-0.15, -0.1) is 0 Å². The van der Waals surface area contributed by atoms with Crippen LogP contribution in [0.3, 0.4) is 0 Å². The summed E-state index contributed by atoms with van der Waals surface area (Å²) in [6, 6.07) is 5.66. The number of fused-ring (bicyclic) bond motifs is 1. The number of nitrogens with zero attached hydrogens (tertiary/aromatic N) is 4. The lowest BCUT2D eigenvalue weighted by atomic mass is 10.3. The fourth-order valence-electron chi connectivity index (χ4n) is 3.87. The minimum absolute atomic E-state index is 0.423. The van der Waals surface area contributed by atoms with E-state index in [9.17, 15) is 4.79 Å². The average molecular weight is 358 g/mol. The molecule has 4 rings (SSSR count). The van der Waals surface area contributed by atoms with Gasteiger partial charge in [-0.25, -0.2) is 9.78 Å². The lowest BCUT2D eigenvalue weighted by molar-refractivity contribution is 0.211. The summed E-state index contributed by atoms with van der Waals surface area (Å²) in [4.78, 5) is 20.9. The van der Waals surface area contributed by atoms with Crippen LogP contribution in [0.25, 0.3) is 11.0 Å². The predicted octanol–water partition coefficient (Wildman–Crippen LogP) is 0.999. The highest BCUT2D eigenvalue weighted by atomic mass is 16.5. The number of hydrogen-bond acceptors (Lipinski definition) is 6. The summed E-state index contributed by atoms with van der Waals surface area (Å²) in [5, 5.41) is 3.38. The fraction of sp³-hybridized carbons (Fsp3) is 0.556. The van der Waals surface area contributed by atoms with E-state index in [4.69, 9.17) is 15.5 Å². The predicted molar refractivity (Wildman–Crippen MR) is 101 cm³/mol. The van der Waals surface area contributed by atoms with Gasteiger partial charge in [0.1, 0.15) is 5.52 Å². The number of likely N-dealkylation sites (tertiary alicyclic amines) is 1. The van der Waals surface area contributed by atoms with E-state index in [-0.39, 0.29) is 0 Å². The Bertz CT molecular complexity index is 777. The minimum atomic E-state index is -0.812. The minimum Gasteiger partial charge on any atom is -0.408 e. The first-order chi connectivity index (χ1) is 12.7. The molecule has 2 fully saturated rings. The molecule has 3 heterocycles. The largest absolute Gasteiger partial charge is 0.410 e. The molecule has 1 aromatic carbocycles. The van der Waals surface area contributed by atoms with Crippen molar-refractivity contribution in [1.82, 2.24) is 19.8 Å². The standard InChI is InChI=1S/C18H26N6O2/c19-17(25)26-15-5-3-4-14-16(15)21-18(23-10-6-20-7-11-23)24(14)13-12-22-8-1-2-9-22/h3-5,20H,1-2,6-13H2,(H2,19,25). The van der Waals surface area contributed by atoms with Crippen LogP contribution in [0.4, 0.5) is 10.7 Å². The van der Waals surface area contributed by atoms with Crippen LogP contribution in [0.15, 0.2) is 18.2 Å². The van der Waals surface area contributed by atoms with Crippen molar-refractivity contribution in [2.45, 2.75) is 19.4 Å². The maximum Gasteiger partial charge on any atom is 0.410 e. The van der Waals surface area contributed by atoms with E-state index < -0.39 is 6.09 Å². The maximum absolute atomic E-state index is 11.2. The van der Waals surface area contributed by atoms with Crippen LogP contribution in [0.1, 0.15) is 12.8 Å². The van der Waals surface area contributed by atoms with Gasteiger partial charge in [-0.05, 0) is 38.1 Å². The number of nitrogens with one attached hydrogen (secondary N) is 1. The van der Waals surface area contributed by atoms with E-state index in [0.29, 0.717) is 11.3 Å². The third-order valence-corrected chi connectivity index (χ3v) is 5.17. The van der Waals surface area contributed by atoms with Crippen LogP contribution >= 0.6 is 0 Å². The smallest absolute Gasteiger partial charge is 0.408 e. The third-order valence-electron chi connectivity index (χ3n) is 5.17. The molecule has 0 atom stereocenters. The highest BCUT2D eigenvalue weighted by Gasteiger charge is 2.22. The SMILES string of the molecule is NC(=O)Oc1cccc2c1nc(N1CCNCC1)n2CCN1CCCC1. The van der Waals surface area contributed by atoms with Gasteiger partial charge in [-0.2, -0.15) is 0 Å². The zero-order valence-electron chi connectivity index (χ0n) is 15.0. The summed E-state index contributed by atoms with van der Waals surface area (Å²) >= 11 is 0. The van der Waals surface area contributed by atoms with Crippen molar-refractivity contribution in [2.24, 2.45) is 5.73 Å². The number of piperazine rings is 1. The highest BCUT2D eigenvalue weighted by Crippen LogP contribution is 2.30. The molecule has 2 aliphatic heterocycles. The van der Waals surface area contributed by atoms with Crippen LogP contribution in [-0.2, 0) is 6.54 Å². The Morgan fingerprint density at radius 2 is 1.92 bits per heavy atom. The summed E-state index contributed by atoms with van der Waals surface area (Å²) in [5.41, 5.74) is 6.90. The van der Waals surface area contributed by atoms with Gasteiger partial charge in [0.25, 0.3) is 0 Å². The molecule has 2 aliphatic rings. The molecule has 140 valence electrons. The Balaban J connectivity index is 1.70. The summed E-state index contributed by atoms with van der Waals surface area (Å²) < 4.78 is 7.44. The molecule has 2 aromatic rings. The summed E-state index contributed by atoms with van der Waals surface area (Å²) in [6.07, 6.45) is 1.76. The number of carbonyl (C=O) groups excluding carboxylic acids is 1. The molecular weight excluding hydrogens is 332 g/mol. The first-order valence-corrected chi connectivity index (χ1v) is 9.37. The molecule has 1 aromatic heterocycles. The number of nitrogens with two attached hydrogens (primary N) is 1. The van der Waals surface area contributed by atoms with Gasteiger partial charge in [-0.3, -0.25) is 0 Å². The molecule has 1 amide bonds. The topological polar surface area (TPSA) is 88.6 Å². The van der Waals surface area contributed by atoms with Crippen LogP contribution in [0, 0.1) is 0 Å².